The van der Waals surface area contributed by atoms with Crippen molar-refractivity contribution < 1.29 is 35.2 Å². The third-order valence-electron chi connectivity index (χ3n) is 2.37. The minimum atomic E-state index is -3.19. The van der Waals surface area contributed by atoms with Crippen LogP contribution in [0.15, 0.2) is 28.7 Å². The van der Waals surface area contributed by atoms with Gasteiger partial charge in [-0.05, 0) is 6.08 Å². The van der Waals surface area contributed by atoms with Crippen molar-refractivity contribution in [1.82, 2.24) is 0 Å². The van der Waals surface area contributed by atoms with Gasteiger partial charge in [0.15, 0.2) is 0 Å². The number of aliphatic carboxylic acids is 1. The van der Waals surface area contributed by atoms with E-state index in [1.54, 1.807) is 0 Å². The van der Waals surface area contributed by atoms with Gasteiger partial charge in [-0.25, -0.2) is 4.79 Å². The van der Waals surface area contributed by atoms with Gasteiger partial charge in [0.25, 0.3) is 0 Å². The second-order valence-corrected chi connectivity index (χ2v) is 6.09. The van der Waals surface area contributed by atoms with Crippen molar-refractivity contribution in [3.63, 3.8) is 0 Å². The summed E-state index contributed by atoms with van der Waals surface area (Å²) in [7, 11) is -9.17. The molecule has 1 aliphatic carbocycles. The topological polar surface area (TPSA) is 152 Å². The molecule has 0 aliphatic heterocycles. The summed E-state index contributed by atoms with van der Waals surface area (Å²) in [6.45, 7) is 0. The largest absolute Gasteiger partial charge is 0.479 e. The number of hydrogen-bond acceptors (Lipinski definition) is 8. The van der Waals surface area contributed by atoms with Crippen LogP contribution in [0.25, 0.3) is 0 Å². The minimum absolute atomic E-state index is 0.408. The monoisotopic (exact) mass is 353 g/mol. The van der Waals surface area contributed by atoms with Gasteiger partial charge < -0.3 is 5.11 Å². The van der Waals surface area contributed by atoms with Crippen LogP contribution in [0.3, 0.4) is 0 Å². The molecular weight excluding hydrogens is 346 g/mol. The molecule has 1 N–H and O–H groups in total. The Morgan fingerprint density at radius 1 is 1.14 bits per heavy atom. The molecule has 2 atom stereocenters. The predicted octanol–water partition coefficient (Wildman–Crippen LogP) is -1.65. The molecule has 1 rings (SSSR count). The fourth-order valence-corrected chi connectivity index (χ4v) is 3.46. The lowest BCUT2D eigenvalue weighted by molar-refractivity contribution is -0.136. The van der Waals surface area contributed by atoms with E-state index in [0.717, 1.165) is 12.2 Å². The Morgan fingerprint density at radius 3 is 2.19 bits per heavy atom. The predicted molar refractivity (Wildman–Crippen MR) is 72.4 cm³/mol. The summed E-state index contributed by atoms with van der Waals surface area (Å²) in [6, 6.07) is -2.23. The number of carboxylic acids is 1. The summed E-state index contributed by atoms with van der Waals surface area (Å²) < 4.78 is 68.5. The van der Waals surface area contributed by atoms with Crippen molar-refractivity contribution in [2.45, 2.75) is 6.04 Å². The molecule has 0 aromatic rings. The van der Waals surface area contributed by atoms with Crippen molar-refractivity contribution in [1.29, 1.82) is 0 Å². The van der Waals surface area contributed by atoms with Crippen LogP contribution in [0.2, 0.25) is 0 Å². The smallest absolute Gasteiger partial charge is 0.335 e. The molecule has 1 unspecified atom stereocenters. The molecule has 114 valence electrons. The second kappa shape index (κ2) is 7.10. The second-order valence-electron chi connectivity index (χ2n) is 3.56. The SMILES string of the molecule is O=C(O)[C@@H](N=S(=O)=O)C(C1C=CC=CC1=S(=O)=O)=S(=O)=O. The van der Waals surface area contributed by atoms with E-state index in [9.17, 15) is 30.0 Å². The summed E-state index contributed by atoms with van der Waals surface area (Å²) in [4.78, 5) is 9.74. The van der Waals surface area contributed by atoms with Gasteiger partial charge >= 0.3 is 16.5 Å². The lowest BCUT2D eigenvalue weighted by Gasteiger charge is -2.16. The van der Waals surface area contributed by atoms with Gasteiger partial charge in [0.1, 0.15) is 0 Å². The van der Waals surface area contributed by atoms with Crippen LogP contribution in [-0.2, 0) is 35.9 Å². The van der Waals surface area contributed by atoms with Crippen LogP contribution >= 0.6 is 0 Å². The Hall–Kier alpha value is -2.05. The standard InChI is InChI=1S/C9H7NO8S3/c11-9(12)7(10-21(17)18)8(20(15)16)5-3-1-2-4-6(5)19(13)14/h1-5,7H,(H,11,12)/t5?,7-/m0/s1. The summed E-state index contributed by atoms with van der Waals surface area (Å²) in [6.07, 6.45) is 4.82. The Bertz CT molecular complexity index is 907. The summed E-state index contributed by atoms with van der Waals surface area (Å²) in [5.41, 5.74) is 0. The van der Waals surface area contributed by atoms with Crippen molar-refractivity contribution in [3.8, 4) is 0 Å². The molecule has 0 saturated carbocycles. The molecule has 0 saturated heterocycles. The van der Waals surface area contributed by atoms with Crippen molar-refractivity contribution in [2.24, 2.45) is 10.3 Å². The Kier molecular flexibility index (Phi) is 5.75. The van der Waals surface area contributed by atoms with Crippen LogP contribution in [-0.4, -0.2) is 52.1 Å². The first-order valence-corrected chi connectivity index (χ1v) is 8.24. The van der Waals surface area contributed by atoms with Crippen molar-refractivity contribution >= 4 is 46.8 Å². The number of hydrogen-bond donors (Lipinski definition) is 1. The van der Waals surface area contributed by atoms with Crippen LogP contribution < -0.4 is 0 Å². The fourth-order valence-electron chi connectivity index (χ4n) is 1.59. The number of carboxylic acid groups (broad SMARTS) is 1. The first kappa shape index (κ1) is 17.0. The molecule has 0 spiro atoms. The number of rotatable bonds is 4. The fraction of sp³-hybridized carbons (Fsp3) is 0.222. The van der Waals surface area contributed by atoms with E-state index in [0.29, 0.717) is 0 Å². The molecule has 0 aromatic heterocycles. The maximum atomic E-state index is 11.3. The third-order valence-corrected chi connectivity index (χ3v) is 4.39. The van der Waals surface area contributed by atoms with E-state index >= 15 is 0 Å². The minimum Gasteiger partial charge on any atom is -0.479 e. The van der Waals surface area contributed by atoms with Gasteiger partial charge in [-0.15, -0.1) is 0 Å². The Balaban J connectivity index is 3.67. The molecule has 0 amide bonds. The maximum absolute atomic E-state index is 11.3. The third kappa shape index (κ3) is 4.21. The zero-order valence-electron chi connectivity index (χ0n) is 9.94. The van der Waals surface area contributed by atoms with Crippen molar-refractivity contribution in [3.05, 3.63) is 24.3 Å². The number of carbonyl (C=O) groups is 1. The first-order chi connectivity index (χ1) is 9.75. The zero-order valence-corrected chi connectivity index (χ0v) is 12.4. The van der Waals surface area contributed by atoms with Gasteiger partial charge in [0.2, 0.25) is 26.6 Å². The van der Waals surface area contributed by atoms with E-state index in [4.69, 9.17) is 5.11 Å². The molecule has 0 fully saturated rings. The van der Waals surface area contributed by atoms with Crippen molar-refractivity contribution in [2.75, 3.05) is 0 Å². The van der Waals surface area contributed by atoms with E-state index < -0.39 is 58.7 Å². The molecule has 0 heterocycles. The van der Waals surface area contributed by atoms with E-state index in [1.807, 2.05) is 0 Å². The van der Waals surface area contributed by atoms with Crippen LogP contribution in [0.4, 0.5) is 0 Å². The summed E-state index contributed by atoms with van der Waals surface area (Å²) in [5, 5.41) is 8.93. The van der Waals surface area contributed by atoms with Gasteiger partial charge in [0, 0.05) is 0 Å². The van der Waals surface area contributed by atoms with Crippen LogP contribution in [0.5, 0.6) is 0 Å². The molecule has 21 heavy (non-hydrogen) atoms. The van der Waals surface area contributed by atoms with Gasteiger partial charge in [0.05, 0.1) is 15.6 Å². The highest BCUT2D eigenvalue weighted by molar-refractivity contribution is 7.75. The lowest BCUT2D eigenvalue weighted by Crippen LogP contribution is -2.37. The molecular formula is C9H7NO8S3. The molecule has 12 heteroatoms. The molecule has 9 nitrogen and oxygen atoms in total. The maximum Gasteiger partial charge on any atom is 0.335 e. The quantitative estimate of drug-likeness (QED) is 0.590. The number of nitrogens with zero attached hydrogens (tertiary/aromatic N) is 1. The highest BCUT2D eigenvalue weighted by Crippen LogP contribution is 2.15. The average molecular weight is 353 g/mol. The van der Waals surface area contributed by atoms with E-state index in [2.05, 4.69) is 4.36 Å². The Morgan fingerprint density at radius 2 is 1.76 bits per heavy atom. The summed E-state index contributed by atoms with van der Waals surface area (Å²) >= 11 is 0. The summed E-state index contributed by atoms with van der Waals surface area (Å²) in [5.74, 6) is -3.27. The molecule has 0 bridgehead atoms. The zero-order chi connectivity index (χ0) is 16.2. The molecule has 1 aliphatic rings. The molecule has 0 aromatic carbocycles. The lowest BCUT2D eigenvalue weighted by atomic mass is 9.93. The highest BCUT2D eigenvalue weighted by atomic mass is 32.2. The number of allylic oxidation sites excluding steroid dienone is 4. The first-order valence-electron chi connectivity index (χ1n) is 5.05. The van der Waals surface area contributed by atoms with E-state index in [1.165, 1.54) is 12.2 Å². The normalized spacial score (nSPS) is 17.9. The van der Waals surface area contributed by atoms with Gasteiger partial charge in [-0.3, -0.25) is 0 Å². The van der Waals surface area contributed by atoms with E-state index in [-0.39, 0.29) is 0 Å². The molecule has 0 radical (unpaired) electrons. The van der Waals surface area contributed by atoms with Gasteiger partial charge in [-0.1, -0.05) is 18.2 Å². The van der Waals surface area contributed by atoms with Crippen LogP contribution in [0, 0.1) is 5.92 Å². The van der Waals surface area contributed by atoms with Crippen LogP contribution in [0.1, 0.15) is 0 Å². The average Bonchev–Trinajstić information content (AvgIpc) is 2.37. The van der Waals surface area contributed by atoms with Gasteiger partial charge in [-0.2, -0.15) is 29.6 Å². The Labute approximate surface area is 123 Å². The highest BCUT2D eigenvalue weighted by Gasteiger charge is 2.34.